The van der Waals surface area contributed by atoms with Crippen LogP contribution in [0, 0.1) is 0 Å². The summed E-state index contributed by atoms with van der Waals surface area (Å²) in [5.41, 5.74) is 1.55. The summed E-state index contributed by atoms with van der Waals surface area (Å²) in [6.45, 7) is -0.341. The van der Waals surface area contributed by atoms with Gasteiger partial charge in [-0.3, -0.25) is 4.79 Å². The van der Waals surface area contributed by atoms with E-state index in [4.69, 9.17) is 14.2 Å². The smallest absolute Gasteiger partial charge is 0.408 e. The van der Waals surface area contributed by atoms with Crippen LogP contribution in [-0.4, -0.2) is 66.1 Å². The number of amides is 2. The monoisotopic (exact) mass is 430 g/mol. The SMILES string of the molecule is COc1ccc(CN2C(=O)[C@@H](NC(=O)OCc3ccccc3)[C@H]2[C@@H](O)CO)cc1OC. The molecule has 0 radical (unpaired) electrons. The molecule has 2 amide bonds. The van der Waals surface area contributed by atoms with E-state index in [9.17, 15) is 19.8 Å². The Labute approximate surface area is 180 Å². The predicted molar refractivity (Wildman–Crippen MR) is 111 cm³/mol. The van der Waals surface area contributed by atoms with E-state index in [1.165, 1.54) is 19.1 Å². The minimum absolute atomic E-state index is 0.0517. The lowest BCUT2D eigenvalue weighted by molar-refractivity contribution is -0.161. The van der Waals surface area contributed by atoms with Crippen molar-refractivity contribution in [3.8, 4) is 11.5 Å². The van der Waals surface area contributed by atoms with E-state index < -0.39 is 30.9 Å². The zero-order valence-electron chi connectivity index (χ0n) is 17.4. The van der Waals surface area contributed by atoms with Crippen molar-refractivity contribution in [2.75, 3.05) is 20.8 Å². The molecular weight excluding hydrogens is 404 g/mol. The fourth-order valence-corrected chi connectivity index (χ4v) is 3.51. The van der Waals surface area contributed by atoms with Gasteiger partial charge in [-0.2, -0.15) is 0 Å². The highest BCUT2D eigenvalue weighted by Crippen LogP contribution is 2.31. The Kier molecular flexibility index (Phi) is 7.32. The Bertz CT molecular complexity index is 906. The Balaban J connectivity index is 1.65. The number of rotatable bonds is 9. The van der Waals surface area contributed by atoms with Crippen molar-refractivity contribution in [2.45, 2.75) is 31.3 Å². The summed E-state index contributed by atoms with van der Waals surface area (Å²) >= 11 is 0. The molecule has 0 aliphatic carbocycles. The van der Waals surface area contributed by atoms with Crippen LogP contribution in [0.1, 0.15) is 11.1 Å². The zero-order valence-corrected chi connectivity index (χ0v) is 17.4. The Morgan fingerprint density at radius 3 is 2.45 bits per heavy atom. The third kappa shape index (κ3) is 5.07. The molecule has 2 aromatic carbocycles. The van der Waals surface area contributed by atoms with Gasteiger partial charge in [-0.1, -0.05) is 36.4 Å². The topological polar surface area (TPSA) is 118 Å². The Morgan fingerprint density at radius 2 is 1.81 bits per heavy atom. The van der Waals surface area contributed by atoms with Crippen LogP contribution in [0.25, 0.3) is 0 Å². The quantitative estimate of drug-likeness (QED) is 0.509. The minimum atomic E-state index is -1.22. The summed E-state index contributed by atoms with van der Waals surface area (Å²) < 4.78 is 15.6. The molecule has 1 heterocycles. The molecule has 0 saturated carbocycles. The number of β-lactam (4-membered cyclic amide) rings is 1. The summed E-state index contributed by atoms with van der Waals surface area (Å²) in [6.07, 6.45) is -2.00. The van der Waals surface area contributed by atoms with Gasteiger partial charge in [0, 0.05) is 6.54 Å². The molecule has 166 valence electrons. The predicted octanol–water partition coefficient (Wildman–Crippen LogP) is 1.06. The van der Waals surface area contributed by atoms with Crippen LogP contribution in [0.4, 0.5) is 4.79 Å². The number of aliphatic hydroxyl groups is 2. The van der Waals surface area contributed by atoms with E-state index in [2.05, 4.69) is 5.32 Å². The van der Waals surface area contributed by atoms with Crippen LogP contribution in [0.15, 0.2) is 48.5 Å². The van der Waals surface area contributed by atoms with E-state index in [1.54, 1.807) is 18.2 Å². The number of hydrogen-bond donors (Lipinski definition) is 3. The highest BCUT2D eigenvalue weighted by Gasteiger charge is 2.51. The van der Waals surface area contributed by atoms with Gasteiger partial charge in [0.1, 0.15) is 12.6 Å². The average molecular weight is 430 g/mol. The van der Waals surface area contributed by atoms with Gasteiger partial charge in [-0.05, 0) is 23.3 Å². The molecule has 0 spiro atoms. The lowest BCUT2D eigenvalue weighted by Gasteiger charge is -2.48. The number of benzene rings is 2. The van der Waals surface area contributed by atoms with Crippen molar-refractivity contribution in [1.29, 1.82) is 0 Å². The highest BCUT2D eigenvalue weighted by atomic mass is 16.5. The molecule has 3 rings (SSSR count). The maximum Gasteiger partial charge on any atom is 0.408 e. The Hall–Kier alpha value is -3.30. The van der Waals surface area contributed by atoms with Crippen molar-refractivity contribution >= 4 is 12.0 Å². The van der Waals surface area contributed by atoms with Crippen LogP contribution in [0.2, 0.25) is 0 Å². The number of ether oxygens (including phenoxy) is 3. The van der Waals surface area contributed by atoms with Gasteiger partial charge in [0.05, 0.1) is 33.0 Å². The molecule has 1 aliphatic rings. The summed E-state index contributed by atoms with van der Waals surface area (Å²) in [5, 5.41) is 22.2. The van der Waals surface area contributed by atoms with E-state index in [1.807, 2.05) is 30.3 Å². The second-order valence-electron chi connectivity index (χ2n) is 7.08. The second kappa shape index (κ2) is 10.1. The standard InChI is InChI=1S/C22H26N2O7/c1-29-17-9-8-15(10-18(17)30-2)11-24-20(16(26)12-25)19(21(24)27)23-22(28)31-13-14-6-4-3-5-7-14/h3-10,16,19-20,25-26H,11-13H2,1-2H3,(H,23,28)/t16-,19-,20+/m0/s1. The summed E-state index contributed by atoms with van der Waals surface area (Å²) in [6, 6.07) is 12.5. The molecule has 2 aromatic rings. The van der Waals surface area contributed by atoms with Gasteiger partial charge in [0.2, 0.25) is 5.91 Å². The first-order valence-electron chi connectivity index (χ1n) is 9.76. The van der Waals surface area contributed by atoms with Crippen LogP contribution >= 0.6 is 0 Å². The largest absolute Gasteiger partial charge is 0.493 e. The number of carbonyl (C=O) groups is 2. The first kappa shape index (κ1) is 22.4. The molecule has 0 unspecified atom stereocenters. The van der Waals surface area contributed by atoms with E-state index in [0.29, 0.717) is 11.5 Å². The van der Waals surface area contributed by atoms with Crippen LogP contribution in [0.3, 0.4) is 0 Å². The molecular formula is C22H26N2O7. The lowest BCUT2D eigenvalue weighted by atomic mass is 9.89. The zero-order chi connectivity index (χ0) is 22.4. The number of nitrogens with one attached hydrogen (secondary N) is 1. The van der Waals surface area contributed by atoms with Gasteiger partial charge in [-0.15, -0.1) is 0 Å². The van der Waals surface area contributed by atoms with Crippen LogP contribution in [-0.2, 0) is 22.7 Å². The number of methoxy groups -OCH3 is 2. The number of alkyl carbamates (subject to hydrolysis) is 1. The average Bonchev–Trinajstić information content (AvgIpc) is 2.81. The number of likely N-dealkylation sites (tertiary alicyclic amines) is 1. The van der Waals surface area contributed by atoms with Gasteiger partial charge in [0.15, 0.2) is 11.5 Å². The Morgan fingerprint density at radius 1 is 1.10 bits per heavy atom. The van der Waals surface area contributed by atoms with Gasteiger partial charge in [-0.25, -0.2) is 4.79 Å². The van der Waals surface area contributed by atoms with Crippen molar-refractivity contribution < 1.29 is 34.0 Å². The first-order valence-corrected chi connectivity index (χ1v) is 9.76. The van der Waals surface area contributed by atoms with E-state index >= 15 is 0 Å². The molecule has 1 saturated heterocycles. The van der Waals surface area contributed by atoms with Crippen LogP contribution in [0.5, 0.6) is 11.5 Å². The van der Waals surface area contributed by atoms with Crippen molar-refractivity contribution in [3.63, 3.8) is 0 Å². The van der Waals surface area contributed by atoms with E-state index in [0.717, 1.165) is 11.1 Å². The summed E-state index contributed by atoms with van der Waals surface area (Å²) in [7, 11) is 3.03. The first-order chi connectivity index (χ1) is 15.0. The third-order valence-corrected chi connectivity index (χ3v) is 5.12. The highest BCUT2D eigenvalue weighted by molar-refractivity contribution is 5.92. The number of hydrogen-bond acceptors (Lipinski definition) is 7. The molecule has 0 bridgehead atoms. The van der Waals surface area contributed by atoms with E-state index in [-0.39, 0.29) is 19.1 Å². The third-order valence-electron chi connectivity index (χ3n) is 5.12. The van der Waals surface area contributed by atoms with Gasteiger partial charge < -0.3 is 34.6 Å². The molecule has 3 N–H and O–H groups in total. The fraction of sp³-hybridized carbons (Fsp3) is 0.364. The second-order valence-corrected chi connectivity index (χ2v) is 7.08. The molecule has 31 heavy (non-hydrogen) atoms. The summed E-state index contributed by atoms with van der Waals surface area (Å²) in [5.74, 6) is 0.671. The minimum Gasteiger partial charge on any atom is -0.493 e. The number of aliphatic hydroxyl groups excluding tert-OH is 2. The summed E-state index contributed by atoms with van der Waals surface area (Å²) in [4.78, 5) is 26.2. The molecule has 9 heteroatoms. The molecule has 9 nitrogen and oxygen atoms in total. The van der Waals surface area contributed by atoms with Gasteiger partial charge >= 0.3 is 6.09 Å². The van der Waals surface area contributed by atoms with Crippen molar-refractivity contribution in [3.05, 3.63) is 59.7 Å². The van der Waals surface area contributed by atoms with Gasteiger partial charge in [0.25, 0.3) is 0 Å². The molecule has 1 fully saturated rings. The number of carbonyl (C=O) groups excluding carboxylic acids is 2. The maximum atomic E-state index is 12.7. The normalized spacial score (nSPS) is 18.7. The fourth-order valence-electron chi connectivity index (χ4n) is 3.51. The lowest BCUT2D eigenvalue weighted by Crippen LogP contribution is -2.74. The van der Waals surface area contributed by atoms with Crippen molar-refractivity contribution in [2.24, 2.45) is 0 Å². The molecule has 1 aliphatic heterocycles. The molecule has 0 aromatic heterocycles. The van der Waals surface area contributed by atoms with Crippen LogP contribution < -0.4 is 14.8 Å². The number of nitrogens with zero attached hydrogens (tertiary/aromatic N) is 1. The van der Waals surface area contributed by atoms with Crippen molar-refractivity contribution in [1.82, 2.24) is 10.2 Å². The maximum absolute atomic E-state index is 12.7. The molecule has 3 atom stereocenters.